The molecular weight excluding hydrogens is 408 g/mol. The van der Waals surface area contributed by atoms with E-state index in [9.17, 15) is 9.59 Å². The molecule has 31 heavy (non-hydrogen) atoms. The van der Waals surface area contributed by atoms with E-state index in [1.165, 1.54) is 69.5 Å². The van der Waals surface area contributed by atoms with Gasteiger partial charge in [0.2, 0.25) is 0 Å². The van der Waals surface area contributed by atoms with Crippen LogP contribution in [0.5, 0.6) is 0 Å². The van der Waals surface area contributed by atoms with Crippen LogP contribution in [0.3, 0.4) is 0 Å². The normalized spacial score (nSPS) is 14.1. The molecule has 0 amide bonds. The van der Waals surface area contributed by atoms with Crippen LogP contribution in [0.2, 0.25) is 0 Å². The van der Waals surface area contributed by atoms with Crippen LogP contribution in [-0.2, 0) is 19.1 Å². The van der Waals surface area contributed by atoms with Gasteiger partial charge in [0, 0.05) is 0 Å². The van der Waals surface area contributed by atoms with E-state index in [1.807, 2.05) is 13.8 Å². The molecule has 0 aliphatic heterocycles. The van der Waals surface area contributed by atoms with Gasteiger partial charge in [-0.15, -0.1) is 11.8 Å². The second-order valence-corrected chi connectivity index (χ2v) is 10.5. The fraction of sp³-hybridized carbons (Fsp3) is 0.923. The summed E-state index contributed by atoms with van der Waals surface area (Å²) in [6.45, 7) is 11.1. The van der Waals surface area contributed by atoms with Crippen LogP contribution < -0.4 is 0 Å². The lowest BCUT2D eigenvalue weighted by atomic mass is 10.0. The van der Waals surface area contributed by atoms with Crippen molar-refractivity contribution < 1.29 is 19.1 Å². The van der Waals surface area contributed by atoms with E-state index in [0.29, 0.717) is 19.1 Å². The number of carbonyl (C=O) groups excluding carboxylic acids is 2. The van der Waals surface area contributed by atoms with Gasteiger partial charge in [-0.2, -0.15) is 0 Å². The molecule has 5 heteroatoms. The van der Waals surface area contributed by atoms with Gasteiger partial charge in [0.15, 0.2) is 0 Å². The van der Waals surface area contributed by atoms with Crippen molar-refractivity contribution in [1.29, 1.82) is 0 Å². The SMILES string of the molecule is CCCCCCCCCCCCOC(=O)C(C)SC(C)C(=O)OCC(CC)CCCC. The number of rotatable bonds is 21. The van der Waals surface area contributed by atoms with Crippen LogP contribution in [0.1, 0.15) is 125 Å². The standard InChI is InChI=1S/C26H50O4S/c1-6-9-11-12-13-14-15-16-17-18-20-29-25(27)22(4)31-23(5)26(28)30-21-24(8-3)19-10-7-2/h22-24H,6-21H2,1-5H3. The van der Waals surface area contributed by atoms with Crippen molar-refractivity contribution in [2.24, 2.45) is 5.92 Å². The molecule has 0 spiro atoms. The second kappa shape index (κ2) is 21.2. The van der Waals surface area contributed by atoms with Crippen LogP contribution in [0.15, 0.2) is 0 Å². The molecule has 0 aliphatic rings. The highest BCUT2D eigenvalue weighted by atomic mass is 32.2. The first-order valence-corrected chi connectivity index (χ1v) is 13.9. The van der Waals surface area contributed by atoms with Crippen molar-refractivity contribution in [3.05, 3.63) is 0 Å². The van der Waals surface area contributed by atoms with Crippen molar-refractivity contribution in [3.8, 4) is 0 Å². The quantitative estimate of drug-likeness (QED) is 0.130. The number of ether oxygens (including phenoxy) is 2. The van der Waals surface area contributed by atoms with E-state index in [1.54, 1.807) is 0 Å². The van der Waals surface area contributed by atoms with E-state index in [0.717, 1.165) is 32.1 Å². The summed E-state index contributed by atoms with van der Waals surface area (Å²) < 4.78 is 10.9. The maximum absolute atomic E-state index is 12.3. The predicted molar refractivity (Wildman–Crippen MR) is 134 cm³/mol. The number of unbranched alkanes of at least 4 members (excludes halogenated alkanes) is 10. The number of hydrogen-bond acceptors (Lipinski definition) is 5. The summed E-state index contributed by atoms with van der Waals surface area (Å²) >= 11 is 1.33. The Bertz CT molecular complexity index is 441. The molecular formula is C26H50O4S. The van der Waals surface area contributed by atoms with Gasteiger partial charge in [0.25, 0.3) is 0 Å². The van der Waals surface area contributed by atoms with E-state index in [2.05, 4.69) is 20.8 Å². The maximum atomic E-state index is 12.3. The molecule has 0 saturated heterocycles. The molecule has 0 radical (unpaired) electrons. The minimum absolute atomic E-state index is 0.227. The van der Waals surface area contributed by atoms with Crippen molar-refractivity contribution in [3.63, 3.8) is 0 Å². The Morgan fingerprint density at radius 3 is 1.68 bits per heavy atom. The Morgan fingerprint density at radius 1 is 0.677 bits per heavy atom. The first-order chi connectivity index (χ1) is 15.0. The molecule has 0 bridgehead atoms. The third kappa shape index (κ3) is 17.5. The van der Waals surface area contributed by atoms with E-state index in [4.69, 9.17) is 9.47 Å². The minimum Gasteiger partial charge on any atom is -0.465 e. The Kier molecular flexibility index (Phi) is 20.7. The third-order valence-electron chi connectivity index (χ3n) is 5.82. The molecule has 0 N–H and O–H groups in total. The number of esters is 2. The first-order valence-electron chi connectivity index (χ1n) is 12.9. The molecule has 184 valence electrons. The van der Waals surface area contributed by atoms with Crippen LogP contribution in [0.25, 0.3) is 0 Å². The second-order valence-electron chi connectivity index (χ2n) is 8.82. The van der Waals surface area contributed by atoms with Gasteiger partial charge in [-0.3, -0.25) is 9.59 Å². The molecule has 0 fully saturated rings. The molecule has 0 heterocycles. The van der Waals surface area contributed by atoms with Gasteiger partial charge >= 0.3 is 11.9 Å². The number of carbonyl (C=O) groups is 2. The third-order valence-corrected chi connectivity index (χ3v) is 7.02. The summed E-state index contributed by atoms with van der Waals surface area (Å²) in [7, 11) is 0. The zero-order valence-electron chi connectivity index (χ0n) is 21.1. The molecule has 0 aromatic carbocycles. The van der Waals surface area contributed by atoms with Gasteiger partial charge in [0.05, 0.1) is 13.2 Å². The number of thioether (sulfide) groups is 1. The largest absolute Gasteiger partial charge is 0.465 e. The topological polar surface area (TPSA) is 52.6 Å². The van der Waals surface area contributed by atoms with Crippen molar-refractivity contribution in [1.82, 2.24) is 0 Å². The lowest BCUT2D eigenvalue weighted by Crippen LogP contribution is -2.26. The molecule has 0 aliphatic carbocycles. The Hall–Kier alpha value is -0.710. The zero-order chi connectivity index (χ0) is 23.3. The van der Waals surface area contributed by atoms with Crippen LogP contribution in [0.4, 0.5) is 0 Å². The van der Waals surface area contributed by atoms with Crippen LogP contribution >= 0.6 is 11.8 Å². The summed E-state index contributed by atoms with van der Waals surface area (Å²) in [4.78, 5) is 24.5. The Morgan fingerprint density at radius 2 is 1.16 bits per heavy atom. The molecule has 3 unspecified atom stereocenters. The molecule has 0 rings (SSSR count). The van der Waals surface area contributed by atoms with E-state index in [-0.39, 0.29) is 22.4 Å². The van der Waals surface area contributed by atoms with Crippen molar-refractivity contribution in [2.75, 3.05) is 13.2 Å². The lowest BCUT2D eigenvalue weighted by Gasteiger charge is -2.18. The van der Waals surface area contributed by atoms with E-state index < -0.39 is 0 Å². The van der Waals surface area contributed by atoms with E-state index >= 15 is 0 Å². The monoisotopic (exact) mass is 458 g/mol. The summed E-state index contributed by atoms with van der Waals surface area (Å²) in [5.41, 5.74) is 0. The summed E-state index contributed by atoms with van der Waals surface area (Å²) in [5.74, 6) is -0.0196. The maximum Gasteiger partial charge on any atom is 0.318 e. The summed E-state index contributed by atoms with van der Waals surface area (Å²) in [6, 6.07) is 0. The number of hydrogen-bond donors (Lipinski definition) is 0. The highest BCUT2D eigenvalue weighted by Gasteiger charge is 2.24. The average molecular weight is 459 g/mol. The molecule has 0 aromatic heterocycles. The summed E-state index contributed by atoms with van der Waals surface area (Å²) in [5, 5.41) is -0.712. The van der Waals surface area contributed by atoms with Gasteiger partial charge < -0.3 is 9.47 Å². The highest BCUT2D eigenvalue weighted by Crippen LogP contribution is 2.21. The van der Waals surface area contributed by atoms with Gasteiger partial charge in [-0.1, -0.05) is 97.8 Å². The van der Waals surface area contributed by atoms with Crippen LogP contribution in [-0.4, -0.2) is 35.7 Å². The Labute approximate surface area is 197 Å². The fourth-order valence-corrected chi connectivity index (χ4v) is 4.48. The Balaban J connectivity index is 3.81. The fourth-order valence-electron chi connectivity index (χ4n) is 3.51. The molecule has 4 nitrogen and oxygen atoms in total. The molecule has 0 aromatic rings. The van der Waals surface area contributed by atoms with Gasteiger partial charge in [-0.25, -0.2) is 0 Å². The molecule has 0 saturated carbocycles. The minimum atomic E-state index is -0.358. The summed E-state index contributed by atoms with van der Waals surface area (Å²) in [6.07, 6.45) is 17.1. The van der Waals surface area contributed by atoms with Gasteiger partial charge in [-0.05, 0) is 32.6 Å². The molecule has 3 atom stereocenters. The van der Waals surface area contributed by atoms with Gasteiger partial charge in [0.1, 0.15) is 10.5 Å². The smallest absolute Gasteiger partial charge is 0.318 e. The highest BCUT2D eigenvalue weighted by molar-refractivity contribution is 8.01. The first kappa shape index (κ1) is 30.3. The lowest BCUT2D eigenvalue weighted by molar-refractivity contribution is -0.144. The predicted octanol–water partition coefficient (Wildman–Crippen LogP) is 7.72. The zero-order valence-corrected chi connectivity index (χ0v) is 21.9. The van der Waals surface area contributed by atoms with Crippen molar-refractivity contribution in [2.45, 2.75) is 135 Å². The van der Waals surface area contributed by atoms with Crippen LogP contribution in [0, 0.1) is 5.92 Å². The average Bonchev–Trinajstić information content (AvgIpc) is 2.77. The van der Waals surface area contributed by atoms with Crippen molar-refractivity contribution >= 4 is 23.7 Å².